The van der Waals surface area contributed by atoms with Gasteiger partial charge in [-0.05, 0) is 44.4 Å². The van der Waals surface area contributed by atoms with Crippen molar-refractivity contribution in [1.82, 2.24) is 5.32 Å². The largest absolute Gasteiger partial charge is 0.376 e. The van der Waals surface area contributed by atoms with E-state index in [2.05, 4.69) is 48.3 Å². The average Bonchev–Trinajstić information content (AvgIpc) is 2.99. The van der Waals surface area contributed by atoms with E-state index in [4.69, 9.17) is 4.74 Å². The number of anilines is 1. The summed E-state index contributed by atoms with van der Waals surface area (Å²) in [6, 6.07) is 8.74. The first-order valence-electron chi connectivity index (χ1n) is 8.00. The zero-order valence-corrected chi connectivity index (χ0v) is 12.9. The fourth-order valence-electron chi connectivity index (χ4n) is 2.80. The number of rotatable bonds is 8. The van der Waals surface area contributed by atoms with Crippen LogP contribution in [0.4, 0.5) is 5.69 Å². The third-order valence-electron chi connectivity index (χ3n) is 3.90. The van der Waals surface area contributed by atoms with Gasteiger partial charge in [-0.2, -0.15) is 0 Å². The predicted molar refractivity (Wildman–Crippen MR) is 85.3 cm³/mol. The molecule has 0 amide bonds. The van der Waals surface area contributed by atoms with Crippen LogP contribution >= 0.6 is 0 Å². The molecule has 1 unspecified atom stereocenters. The minimum atomic E-state index is 0.409. The summed E-state index contributed by atoms with van der Waals surface area (Å²) in [5, 5.41) is 3.51. The second kappa shape index (κ2) is 8.28. The van der Waals surface area contributed by atoms with Crippen LogP contribution in [0.15, 0.2) is 24.3 Å². The van der Waals surface area contributed by atoms with E-state index in [1.54, 1.807) is 0 Å². The SMILES string of the molecule is CCCNCc1ccccc1N(CC)CC1CCCO1. The van der Waals surface area contributed by atoms with Crippen molar-refractivity contribution in [1.29, 1.82) is 0 Å². The zero-order valence-electron chi connectivity index (χ0n) is 12.9. The number of para-hydroxylation sites is 1. The molecule has 20 heavy (non-hydrogen) atoms. The summed E-state index contributed by atoms with van der Waals surface area (Å²) in [4.78, 5) is 2.46. The molecule has 0 spiro atoms. The molecule has 1 heterocycles. The molecular weight excluding hydrogens is 248 g/mol. The van der Waals surface area contributed by atoms with E-state index >= 15 is 0 Å². The maximum absolute atomic E-state index is 5.79. The van der Waals surface area contributed by atoms with Crippen molar-refractivity contribution in [2.24, 2.45) is 0 Å². The number of nitrogens with zero attached hydrogens (tertiary/aromatic N) is 1. The van der Waals surface area contributed by atoms with E-state index < -0.39 is 0 Å². The Kier molecular flexibility index (Phi) is 6.34. The van der Waals surface area contributed by atoms with Crippen LogP contribution < -0.4 is 10.2 Å². The number of nitrogens with one attached hydrogen (secondary N) is 1. The molecule has 0 saturated carbocycles. The Balaban J connectivity index is 2.03. The Labute approximate surface area is 123 Å². The van der Waals surface area contributed by atoms with Crippen LogP contribution in [0.1, 0.15) is 38.7 Å². The van der Waals surface area contributed by atoms with Crippen LogP contribution in [-0.4, -0.2) is 32.3 Å². The molecule has 1 aliphatic heterocycles. The lowest BCUT2D eigenvalue weighted by atomic mass is 10.1. The summed E-state index contributed by atoms with van der Waals surface area (Å²) < 4.78 is 5.79. The Hall–Kier alpha value is -1.06. The monoisotopic (exact) mass is 276 g/mol. The van der Waals surface area contributed by atoms with Gasteiger partial charge in [-0.25, -0.2) is 0 Å². The van der Waals surface area contributed by atoms with Crippen LogP contribution in [0.2, 0.25) is 0 Å². The van der Waals surface area contributed by atoms with Crippen LogP contribution in [0.3, 0.4) is 0 Å². The van der Waals surface area contributed by atoms with Crippen LogP contribution in [0.5, 0.6) is 0 Å². The van der Waals surface area contributed by atoms with Gasteiger partial charge in [-0.3, -0.25) is 0 Å². The van der Waals surface area contributed by atoms with Gasteiger partial charge in [-0.1, -0.05) is 25.1 Å². The molecule has 112 valence electrons. The summed E-state index contributed by atoms with van der Waals surface area (Å²) >= 11 is 0. The number of ether oxygens (including phenoxy) is 1. The van der Waals surface area contributed by atoms with Crippen molar-refractivity contribution in [3.8, 4) is 0 Å². The molecule has 3 heteroatoms. The topological polar surface area (TPSA) is 24.5 Å². The third-order valence-corrected chi connectivity index (χ3v) is 3.90. The molecule has 1 saturated heterocycles. The molecule has 1 aromatic rings. The number of benzene rings is 1. The quantitative estimate of drug-likeness (QED) is 0.738. The summed E-state index contributed by atoms with van der Waals surface area (Å²) in [6.07, 6.45) is 4.00. The zero-order chi connectivity index (χ0) is 14.2. The lowest BCUT2D eigenvalue weighted by Gasteiger charge is -2.28. The van der Waals surface area contributed by atoms with Crippen molar-refractivity contribution in [3.63, 3.8) is 0 Å². The van der Waals surface area contributed by atoms with Gasteiger partial charge in [0.1, 0.15) is 0 Å². The predicted octanol–water partition coefficient (Wildman–Crippen LogP) is 3.19. The minimum absolute atomic E-state index is 0.409. The number of hydrogen-bond acceptors (Lipinski definition) is 3. The van der Waals surface area contributed by atoms with Crippen molar-refractivity contribution in [3.05, 3.63) is 29.8 Å². The molecule has 3 nitrogen and oxygen atoms in total. The van der Waals surface area contributed by atoms with Crippen LogP contribution in [-0.2, 0) is 11.3 Å². The maximum atomic E-state index is 5.79. The van der Waals surface area contributed by atoms with Crippen molar-refractivity contribution < 1.29 is 4.74 Å². The van der Waals surface area contributed by atoms with Gasteiger partial charge in [0, 0.05) is 31.9 Å². The summed E-state index contributed by atoms with van der Waals surface area (Å²) in [5.41, 5.74) is 2.75. The van der Waals surface area contributed by atoms with Crippen molar-refractivity contribution in [2.45, 2.75) is 45.8 Å². The Morgan fingerprint density at radius 1 is 1.30 bits per heavy atom. The van der Waals surface area contributed by atoms with Gasteiger partial charge in [0.15, 0.2) is 0 Å². The maximum Gasteiger partial charge on any atom is 0.0750 e. The molecule has 0 radical (unpaired) electrons. The molecule has 1 N–H and O–H groups in total. The Bertz CT molecular complexity index is 388. The highest BCUT2D eigenvalue weighted by Crippen LogP contribution is 2.23. The second-order valence-corrected chi connectivity index (χ2v) is 5.48. The highest BCUT2D eigenvalue weighted by molar-refractivity contribution is 5.53. The van der Waals surface area contributed by atoms with Crippen molar-refractivity contribution in [2.75, 3.05) is 31.1 Å². The Morgan fingerprint density at radius 3 is 2.85 bits per heavy atom. The van der Waals surface area contributed by atoms with Gasteiger partial charge in [0.05, 0.1) is 6.10 Å². The average molecular weight is 276 g/mol. The van der Waals surface area contributed by atoms with E-state index in [9.17, 15) is 0 Å². The lowest BCUT2D eigenvalue weighted by Crippen LogP contribution is -2.33. The second-order valence-electron chi connectivity index (χ2n) is 5.48. The standard InChI is InChI=1S/C17H28N2O/c1-3-11-18-13-15-8-5-6-10-17(15)19(4-2)14-16-9-7-12-20-16/h5-6,8,10,16,18H,3-4,7,9,11-14H2,1-2H3. The third kappa shape index (κ3) is 4.22. The van der Waals surface area contributed by atoms with Gasteiger partial charge < -0.3 is 15.0 Å². The van der Waals surface area contributed by atoms with Crippen LogP contribution in [0.25, 0.3) is 0 Å². The molecule has 1 atom stereocenters. The van der Waals surface area contributed by atoms with Crippen LogP contribution in [0, 0.1) is 0 Å². The smallest absolute Gasteiger partial charge is 0.0750 e. The van der Waals surface area contributed by atoms with Gasteiger partial charge in [-0.15, -0.1) is 0 Å². The van der Waals surface area contributed by atoms with E-state index in [0.717, 1.165) is 32.8 Å². The van der Waals surface area contributed by atoms with Gasteiger partial charge in [0.25, 0.3) is 0 Å². The van der Waals surface area contributed by atoms with E-state index in [1.165, 1.54) is 30.5 Å². The van der Waals surface area contributed by atoms with E-state index in [-0.39, 0.29) is 0 Å². The van der Waals surface area contributed by atoms with E-state index in [1.807, 2.05) is 0 Å². The fourth-order valence-corrected chi connectivity index (χ4v) is 2.80. The number of hydrogen-bond donors (Lipinski definition) is 1. The van der Waals surface area contributed by atoms with Gasteiger partial charge in [0.2, 0.25) is 0 Å². The molecule has 2 rings (SSSR count). The minimum Gasteiger partial charge on any atom is -0.376 e. The highest BCUT2D eigenvalue weighted by atomic mass is 16.5. The first kappa shape index (κ1) is 15.3. The van der Waals surface area contributed by atoms with Gasteiger partial charge >= 0.3 is 0 Å². The number of likely N-dealkylation sites (N-methyl/N-ethyl adjacent to an activating group) is 1. The summed E-state index contributed by atoms with van der Waals surface area (Å²) in [6.45, 7) is 9.44. The first-order chi connectivity index (χ1) is 9.85. The van der Waals surface area contributed by atoms with Crippen molar-refractivity contribution >= 4 is 5.69 Å². The lowest BCUT2D eigenvalue weighted by molar-refractivity contribution is 0.115. The highest BCUT2D eigenvalue weighted by Gasteiger charge is 2.19. The normalized spacial score (nSPS) is 18.4. The molecule has 1 aliphatic rings. The summed E-state index contributed by atoms with van der Waals surface area (Å²) in [7, 11) is 0. The molecular formula is C17H28N2O. The molecule has 1 aromatic carbocycles. The van der Waals surface area contributed by atoms with E-state index in [0.29, 0.717) is 6.10 Å². The first-order valence-corrected chi connectivity index (χ1v) is 8.00. The molecule has 0 aromatic heterocycles. The Morgan fingerprint density at radius 2 is 2.15 bits per heavy atom. The molecule has 0 aliphatic carbocycles. The fraction of sp³-hybridized carbons (Fsp3) is 0.647. The summed E-state index contributed by atoms with van der Waals surface area (Å²) in [5.74, 6) is 0. The molecule has 1 fully saturated rings. The molecule has 0 bridgehead atoms.